The minimum atomic E-state index is -1.17. The van der Waals surface area contributed by atoms with Crippen LogP contribution in [0.4, 0.5) is 11.4 Å². The van der Waals surface area contributed by atoms with Crippen LogP contribution in [-0.2, 0) is 27.3 Å². The molecule has 0 aliphatic carbocycles. The molecule has 0 saturated carbocycles. The number of hydrogen-bond donors (Lipinski definition) is 2. The molecule has 2 aromatic rings. The number of rotatable bonds is 8. The van der Waals surface area contributed by atoms with E-state index in [0.29, 0.717) is 32.4 Å². The van der Waals surface area contributed by atoms with Crippen LogP contribution in [0.25, 0.3) is 0 Å². The maximum atomic E-state index is 13.5. The van der Waals surface area contributed by atoms with E-state index in [1.54, 1.807) is 25.2 Å². The maximum absolute atomic E-state index is 13.5. The number of nitrogens with one attached hydrogen (secondary N) is 1. The van der Waals surface area contributed by atoms with E-state index < -0.39 is 23.4 Å². The Balaban J connectivity index is 1.68. The molecule has 1 fully saturated rings. The molecule has 3 heterocycles. The highest BCUT2D eigenvalue weighted by molar-refractivity contribution is 7.09. The van der Waals surface area contributed by atoms with Crippen LogP contribution in [0.5, 0.6) is 0 Å². The van der Waals surface area contributed by atoms with E-state index in [-0.39, 0.29) is 17.5 Å². The average Bonchev–Trinajstić information content (AvgIpc) is 3.51. The van der Waals surface area contributed by atoms with Crippen molar-refractivity contribution in [3.63, 3.8) is 0 Å². The third-order valence-electron chi connectivity index (χ3n) is 6.76. The number of benzene rings is 1. The molecule has 0 spiro atoms. The Morgan fingerprint density at radius 2 is 2.03 bits per heavy atom. The highest BCUT2D eigenvalue weighted by Gasteiger charge is 2.35. The zero-order valence-corrected chi connectivity index (χ0v) is 23.4. The second-order valence-electron chi connectivity index (χ2n) is 11.0. The molecule has 1 aromatic heterocycles. The molecule has 2 aliphatic heterocycles. The first-order valence-electron chi connectivity index (χ1n) is 13.1. The second-order valence-corrected chi connectivity index (χ2v) is 12.0. The first-order valence-corrected chi connectivity index (χ1v) is 14.0. The van der Waals surface area contributed by atoms with Gasteiger partial charge in [0.25, 0.3) is 11.8 Å². The first kappa shape index (κ1) is 27.7. The molecule has 0 bridgehead atoms. The third kappa shape index (κ3) is 6.05. The molecule has 1 aromatic carbocycles. The van der Waals surface area contributed by atoms with Crippen LogP contribution in [0.2, 0.25) is 0 Å². The highest BCUT2D eigenvalue weighted by Crippen LogP contribution is 2.42. The van der Waals surface area contributed by atoms with Crippen molar-refractivity contribution in [2.75, 3.05) is 16.3 Å². The van der Waals surface area contributed by atoms with Crippen molar-refractivity contribution in [1.82, 2.24) is 5.32 Å². The number of carbonyl (C=O) groups is 3. The fourth-order valence-electron chi connectivity index (χ4n) is 4.80. The number of carbonyl (C=O) groups excluding carboxylic acids is 3. The predicted molar refractivity (Wildman–Crippen MR) is 153 cm³/mol. The van der Waals surface area contributed by atoms with Crippen molar-refractivity contribution in [1.29, 1.82) is 0 Å². The summed E-state index contributed by atoms with van der Waals surface area (Å²) < 4.78 is 0. The molecule has 1 unspecified atom stereocenters. The van der Waals surface area contributed by atoms with Crippen LogP contribution in [0.1, 0.15) is 57.4 Å². The van der Waals surface area contributed by atoms with E-state index >= 15 is 0 Å². The lowest BCUT2D eigenvalue weighted by atomic mass is 9.93. The summed E-state index contributed by atoms with van der Waals surface area (Å²) in [7, 11) is 0. The number of nitrogens with two attached hydrogens (primary N) is 1. The molecule has 0 radical (unpaired) electrons. The van der Waals surface area contributed by atoms with Crippen LogP contribution < -0.4 is 20.9 Å². The number of thiophene rings is 1. The zero-order chi connectivity index (χ0) is 27.6. The minimum absolute atomic E-state index is 0.123. The lowest BCUT2D eigenvalue weighted by molar-refractivity contribution is -0.122. The summed E-state index contributed by atoms with van der Waals surface area (Å²) in [5, 5.41) is 5.13. The molecular weight excluding hydrogens is 498 g/mol. The van der Waals surface area contributed by atoms with Gasteiger partial charge in [0.2, 0.25) is 5.91 Å². The fourth-order valence-corrected chi connectivity index (χ4v) is 5.49. The van der Waals surface area contributed by atoms with E-state index in [2.05, 4.69) is 27.9 Å². The Kier molecular flexibility index (Phi) is 8.18. The van der Waals surface area contributed by atoms with E-state index in [0.717, 1.165) is 33.9 Å². The van der Waals surface area contributed by atoms with Gasteiger partial charge >= 0.3 is 0 Å². The van der Waals surface area contributed by atoms with Gasteiger partial charge in [0, 0.05) is 30.0 Å². The van der Waals surface area contributed by atoms with Gasteiger partial charge in [0.05, 0.1) is 29.5 Å². The lowest BCUT2D eigenvalue weighted by Crippen LogP contribution is -2.49. The SMILES string of the molecule is C=C1C(NC(=O)/C(CC(C)C)=N/C(=O)C(C)(C)N)Cc2cccc(N3CCCC3=O)c2N1Cc1cccs1. The van der Waals surface area contributed by atoms with Gasteiger partial charge in [0.1, 0.15) is 5.71 Å². The first-order chi connectivity index (χ1) is 18.0. The van der Waals surface area contributed by atoms with Crippen LogP contribution in [0.3, 0.4) is 0 Å². The van der Waals surface area contributed by atoms with Gasteiger partial charge in [-0.2, -0.15) is 0 Å². The quantitative estimate of drug-likeness (QED) is 0.493. The predicted octanol–water partition coefficient (Wildman–Crippen LogP) is 4.19. The van der Waals surface area contributed by atoms with Gasteiger partial charge < -0.3 is 20.9 Å². The van der Waals surface area contributed by atoms with Crippen molar-refractivity contribution in [2.24, 2.45) is 16.6 Å². The van der Waals surface area contributed by atoms with Crippen LogP contribution in [0.15, 0.2) is 53.0 Å². The van der Waals surface area contributed by atoms with Crippen LogP contribution in [-0.4, -0.2) is 41.6 Å². The number of nitrogens with zero attached hydrogens (tertiary/aromatic N) is 3. The van der Waals surface area contributed by atoms with Crippen molar-refractivity contribution in [3.05, 3.63) is 58.4 Å². The smallest absolute Gasteiger partial charge is 0.266 e. The number of amides is 3. The van der Waals surface area contributed by atoms with E-state index in [1.807, 2.05) is 48.4 Å². The summed E-state index contributed by atoms with van der Waals surface area (Å²) in [6.07, 6.45) is 2.25. The van der Waals surface area contributed by atoms with Crippen molar-refractivity contribution >= 4 is 46.1 Å². The molecule has 3 N–H and O–H groups in total. The van der Waals surface area contributed by atoms with Gasteiger partial charge in [-0.1, -0.05) is 38.6 Å². The minimum Gasteiger partial charge on any atom is -0.342 e. The molecule has 4 rings (SSSR count). The molecule has 2 aliphatic rings. The summed E-state index contributed by atoms with van der Waals surface area (Å²) >= 11 is 1.65. The van der Waals surface area contributed by atoms with Crippen molar-refractivity contribution in [2.45, 2.75) is 71.5 Å². The van der Waals surface area contributed by atoms with Crippen LogP contribution >= 0.6 is 11.3 Å². The number of aliphatic imine (C=N–C) groups is 1. The zero-order valence-electron chi connectivity index (χ0n) is 22.6. The maximum Gasteiger partial charge on any atom is 0.266 e. The van der Waals surface area contributed by atoms with Gasteiger partial charge in [0.15, 0.2) is 0 Å². The summed E-state index contributed by atoms with van der Waals surface area (Å²) in [4.78, 5) is 47.9. The van der Waals surface area contributed by atoms with E-state index in [4.69, 9.17) is 5.73 Å². The summed E-state index contributed by atoms with van der Waals surface area (Å²) in [6, 6.07) is 9.66. The normalized spacial score (nSPS) is 18.3. The second kappa shape index (κ2) is 11.2. The Morgan fingerprint density at radius 1 is 1.26 bits per heavy atom. The highest BCUT2D eigenvalue weighted by atomic mass is 32.1. The molecule has 8 nitrogen and oxygen atoms in total. The summed E-state index contributed by atoms with van der Waals surface area (Å²) in [6.45, 7) is 12.8. The van der Waals surface area contributed by atoms with Gasteiger partial charge in [-0.15, -0.1) is 11.3 Å². The topological polar surface area (TPSA) is 108 Å². The largest absolute Gasteiger partial charge is 0.342 e. The molecule has 1 saturated heterocycles. The Morgan fingerprint density at radius 3 is 2.63 bits per heavy atom. The molecule has 38 heavy (non-hydrogen) atoms. The van der Waals surface area contributed by atoms with Crippen molar-refractivity contribution < 1.29 is 14.4 Å². The van der Waals surface area contributed by atoms with Crippen LogP contribution in [0, 0.1) is 5.92 Å². The van der Waals surface area contributed by atoms with Gasteiger partial charge in [-0.3, -0.25) is 14.4 Å². The molecule has 202 valence electrons. The molecule has 1 atom stereocenters. The number of para-hydroxylation sites is 1. The molecule has 9 heteroatoms. The fraction of sp³-hybridized carbons (Fsp3) is 0.448. The standard InChI is InChI=1S/C29H37N5O3S/c1-18(2)15-23(32-28(37)29(4,5)30)27(36)31-22-16-20-9-6-11-24(33-13-7-12-25(33)35)26(20)34(19(22)3)17-21-10-8-14-38-21/h6,8-11,14,18,22H,3,7,12-13,15-17,30H2,1-2,4-5H3,(H,31,36)/b32-23+. The van der Waals surface area contributed by atoms with Crippen molar-refractivity contribution in [3.8, 4) is 0 Å². The summed E-state index contributed by atoms with van der Waals surface area (Å²) in [5.41, 5.74) is 8.54. The lowest BCUT2D eigenvalue weighted by Gasteiger charge is -2.40. The Labute approximate surface area is 228 Å². The van der Waals surface area contributed by atoms with E-state index in [9.17, 15) is 14.4 Å². The Hall–Kier alpha value is -3.30. The van der Waals surface area contributed by atoms with Gasteiger partial charge in [-0.25, -0.2) is 4.99 Å². The van der Waals surface area contributed by atoms with E-state index in [1.165, 1.54) is 0 Å². The molecular formula is C29H37N5O3S. The third-order valence-corrected chi connectivity index (χ3v) is 7.62. The summed E-state index contributed by atoms with van der Waals surface area (Å²) in [5.74, 6) is -0.680. The average molecular weight is 536 g/mol. The Bertz CT molecular complexity index is 1260. The number of hydrogen-bond acceptors (Lipinski definition) is 6. The number of fused-ring (bicyclic) bond motifs is 1. The molecule has 3 amide bonds. The number of anilines is 2. The van der Waals surface area contributed by atoms with Gasteiger partial charge in [-0.05, 0) is 55.7 Å². The monoisotopic (exact) mass is 535 g/mol.